The number of rotatable bonds is 3. The SMILES string of the molecule is CC(CN1CCc2ccccc2C1)[N+](=O)[O-]. The van der Waals surface area contributed by atoms with Crippen LogP contribution >= 0.6 is 0 Å². The summed E-state index contributed by atoms with van der Waals surface area (Å²) in [5.74, 6) is 0. The van der Waals surface area contributed by atoms with Gasteiger partial charge in [0, 0.05) is 24.9 Å². The molecular weight excluding hydrogens is 204 g/mol. The zero-order valence-corrected chi connectivity index (χ0v) is 9.43. The van der Waals surface area contributed by atoms with Crippen molar-refractivity contribution >= 4 is 0 Å². The third-order valence-corrected chi connectivity index (χ3v) is 3.09. The van der Waals surface area contributed by atoms with Crippen LogP contribution in [0.25, 0.3) is 0 Å². The summed E-state index contributed by atoms with van der Waals surface area (Å²) >= 11 is 0. The van der Waals surface area contributed by atoms with Gasteiger partial charge in [-0.2, -0.15) is 0 Å². The first-order valence-electron chi connectivity index (χ1n) is 5.59. The van der Waals surface area contributed by atoms with Gasteiger partial charge in [0.25, 0.3) is 0 Å². The highest BCUT2D eigenvalue weighted by Crippen LogP contribution is 2.18. The van der Waals surface area contributed by atoms with Crippen molar-refractivity contribution in [1.29, 1.82) is 0 Å². The molecule has 0 radical (unpaired) electrons. The molecule has 0 amide bonds. The molecule has 1 aliphatic heterocycles. The van der Waals surface area contributed by atoms with Gasteiger partial charge in [0.1, 0.15) is 0 Å². The van der Waals surface area contributed by atoms with Gasteiger partial charge in [-0.15, -0.1) is 0 Å². The van der Waals surface area contributed by atoms with Crippen molar-refractivity contribution in [3.05, 3.63) is 45.5 Å². The number of nitrogens with zero attached hydrogens (tertiary/aromatic N) is 2. The quantitative estimate of drug-likeness (QED) is 0.575. The first-order chi connectivity index (χ1) is 7.66. The molecule has 4 heteroatoms. The summed E-state index contributed by atoms with van der Waals surface area (Å²) in [5, 5.41) is 10.6. The van der Waals surface area contributed by atoms with E-state index in [1.165, 1.54) is 11.1 Å². The smallest absolute Gasteiger partial charge is 0.222 e. The first kappa shape index (κ1) is 11.1. The van der Waals surface area contributed by atoms with E-state index in [1.807, 2.05) is 12.1 Å². The molecule has 2 rings (SSSR count). The zero-order valence-electron chi connectivity index (χ0n) is 9.43. The molecular formula is C12H16N2O2. The Bertz CT molecular complexity index is 392. The molecule has 86 valence electrons. The van der Waals surface area contributed by atoms with Crippen LogP contribution in [0.1, 0.15) is 18.1 Å². The fourth-order valence-corrected chi connectivity index (χ4v) is 2.15. The molecule has 1 aromatic rings. The molecule has 16 heavy (non-hydrogen) atoms. The molecule has 0 spiro atoms. The number of hydrogen-bond acceptors (Lipinski definition) is 3. The molecule has 0 saturated heterocycles. The molecule has 4 nitrogen and oxygen atoms in total. The first-order valence-corrected chi connectivity index (χ1v) is 5.59. The second-order valence-electron chi connectivity index (χ2n) is 4.39. The summed E-state index contributed by atoms with van der Waals surface area (Å²) in [6.45, 7) is 3.98. The normalized spacial score (nSPS) is 17.8. The highest BCUT2D eigenvalue weighted by Gasteiger charge is 2.21. The van der Waals surface area contributed by atoms with E-state index in [9.17, 15) is 10.1 Å². The Morgan fingerprint density at radius 1 is 1.44 bits per heavy atom. The van der Waals surface area contributed by atoms with E-state index >= 15 is 0 Å². The van der Waals surface area contributed by atoms with Crippen molar-refractivity contribution in [3.8, 4) is 0 Å². The summed E-state index contributed by atoms with van der Waals surface area (Å²) < 4.78 is 0. The van der Waals surface area contributed by atoms with Crippen molar-refractivity contribution in [2.45, 2.75) is 25.9 Å². The van der Waals surface area contributed by atoms with Gasteiger partial charge >= 0.3 is 0 Å². The van der Waals surface area contributed by atoms with Crippen molar-refractivity contribution in [3.63, 3.8) is 0 Å². The van der Waals surface area contributed by atoms with Crippen LogP contribution in [0.5, 0.6) is 0 Å². The third-order valence-electron chi connectivity index (χ3n) is 3.09. The van der Waals surface area contributed by atoms with Gasteiger partial charge in [-0.25, -0.2) is 0 Å². The van der Waals surface area contributed by atoms with Gasteiger partial charge in [0.15, 0.2) is 0 Å². The van der Waals surface area contributed by atoms with Crippen molar-refractivity contribution in [2.75, 3.05) is 13.1 Å². The van der Waals surface area contributed by atoms with Gasteiger partial charge in [0.2, 0.25) is 6.04 Å². The Balaban J connectivity index is 2.00. The van der Waals surface area contributed by atoms with E-state index in [0.29, 0.717) is 6.54 Å². The largest absolute Gasteiger partial charge is 0.292 e. The van der Waals surface area contributed by atoms with Gasteiger partial charge < -0.3 is 0 Å². The monoisotopic (exact) mass is 220 g/mol. The van der Waals surface area contributed by atoms with Crippen LogP contribution in [0.2, 0.25) is 0 Å². The highest BCUT2D eigenvalue weighted by molar-refractivity contribution is 5.28. The summed E-state index contributed by atoms with van der Waals surface area (Å²) in [6.07, 6.45) is 1.00. The minimum Gasteiger partial charge on any atom is -0.292 e. The lowest BCUT2D eigenvalue weighted by Gasteiger charge is -2.28. The molecule has 1 unspecified atom stereocenters. The molecule has 0 saturated carbocycles. The van der Waals surface area contributed by atoms with E-state index in [2.05, 4.69) is 17.0 Å². The summed E-state index contributed by atoms with van der Waals surface area (Å²) in [4.78, 5) is 12.6. The third kappa shape index (κ3) is 2.39. The number of fused-ring (bicyclic) bond motifs is 1. The summed E-state index contributed by atoms with van der Waals surface area (Å²) in [7, 11) is 0. The summed E-state index contributed by atoms with van der Waals surface area (Å²) in [6, 6.07) is 7.85. The van der Waals surface area contributed by atoms with Crippen molar-refractivity contribution in [2.24, 2.45) is 0 Å². The second-order valence-corrected chi connectivity index (χ2v) is 4.39. The molecule has 1 heterocycles. The lowest BCUT2D eigenvalue weighted by Crippen LogP contribution is -2.38. The lowest BCUT2D eigenvalue weighted by molar-refractivity contribution is -0.518. The predicted octanol–water partition coefficient (Wildman–Crippen LogP) is 1.71. The maximum atomic E-state index is 10.6. The van der Waals surface area contributed by atoms with Crippen molar-refractivity contribution in [1.82, 2.24) is 4.90 Å². The van der Waals surface area contributed by atoms with E-state index < -0.39 is 6.04 Å². The fourth-order valence-electron chi connectivity index (χ4n) is 2.15. The minimum absolute atomic E-state index is 0.208. The van der Waals surface area contributed by atoms with Crippen LogP contribution in [0.3, 0.4) is 0 Å². The van der Waals surface area contributed by atoms with E-state index in [4.69, 9.17) is 0 Å². The van der Waals surface area contributed by atoms with Crippen LogP contribution < -0.4 is 0 Å². The van der Waals surface area contributed by atoms with E-state index in [1.54, 1.807) is 6.92 Å². The van der Waals surface area contributed by atoms with E-state index in [0.717, 1.165) is 19.5 Å². The average molecular weight is 220 g/mol. The second kappa shape index (κ2) is 4.61. The minimum atomic E-state index is -0.481. The van der Waals surface area contributed by atoms with E-state index in [-0.39, 0.29) is 4.92 Å². The molecule has 0 aliphatic carbocycles. The highest BCUT2D eigenvalue weighted by atomic mass is 16.6. The van der Waals surface area contributed by atoms with Gasteiger partial charge in [-0.1, -0.05) is 24.3 Å². The van der Waals surface area contributed by atoms with Crippen LogP contribution in [0.4, 0.5) is 0 Å². The van der Waals surface area contributed by atoms with Crippen LogP contribution in [0, 0.1) is 10.1 Å². The maximum Gasteiger partial charge on any atom is 0.222 e. The number of benzene rings is 1. The Hall–Kier alpha value is -1.42. The lowest BCUT2D eigenvalue weighted by atomic mass is 10.00. The number of hydrogen-bond donors (Lipinski definition) is 0. The van der Waals surface area contributed by atoms with Crippen LogP contribution in [-0.2, 0) is 13.0 Å². The van der Waals surface area contributed by atoms with Gasteiger partial charge in [-0.05, 0) is 17.5 Å². The zero-order chi connectivity index (χ0) is 11.5. The Kier molecular flexibility index (Phi) is 3.19. The molecule has 1 aliphatic rings. The Morgan fingerprint density at radius 2 is 2.12 bits per heavy atom. The molecule has 1 aromatic carbocycles. The topological polar surface area (TPSA) is 46.4 Å². The van der Waals surface area contributed by atoms with Crippen LogP contribution in [0.15, 0.2) is 24.3 Å². The number of nitro groups is 1. The Morgan fingerprint density at radius 3 is 2.81 bits per heavy atom. The standard InChI is InChI=1S/C12H16N2O2/c1-10(14(15)16)8-13-7-6-11-4-2-3-5-12(11)9-13/h2-5,10H,6-9H2,1H3. The molecule has 0 bridgehead atoms. The molecule has 0 N–H and O–H groups in total. The maximum absolute atomic E-state index is 10.6. The van der Waals surface area contributed by atoms with Crippen LogP contribution in [-0.4, -0.2) is 29.0 Å². The molecule has 0 fully saturated rings. The molecule has 1 atom stereocenters. The van der Waals surface area contributed by atoms with Gasteiger partial charge in [0.05, 0.1) is 6.54 Å². The average Bonchev–Trinajstić information content (AvgIpc) is 2.28. The Labute approximate surface area is 95.0 Å². The molecule has 0 aromatic heterocycles. The van der Waals surface area contributed by atoms with Gasteiger partial charge in [-0.3, -0.25) is 15.0 Å². The van der Waals surface area contributed by atoms with Crippen molar-refractivity contribution < 1.29 is 4.92 Å². The fraction of sp³-hybridized carbons (Fsp3) is 0.500. The predicted molar refractivity (Wildman–Crippen MR) is 61.9 cm³/mol. The summed E-state index contributed by atoms with van der Waals surface area (Å²) in [5.41, 5.74) is 2.69.